The Balaban J connectivity index is 3.02. The van der Waals surface area contributed by atoms with Gasteiger partial charge in [0.2, 0.25) is 0 Å². The van der Waals surface area contributed by atoms with Gasteiger partial charge in [-0.15, -0.1) is 6.58 Å². The molecule has 0 bridgehead atoms. The number of nitrogens with zero attached hydrogens (tertiary/aromatic N) is 2. The Hall–Kier alpha value is -0.480. The number of hydrogen-bond donors (Lipinski definition) is 0. The van der Waals surface area contributed by atoms with Gasteiger partial charge in [0.05, 0.1) is 0 Å². The zero-order valence-electron chi connectivity index (χ0n) is 15.9. The van der Waals surface area contributed by atoms with Crippen LogP contribution in [0.25, 0.3) is 0 Å². The minimum Gasteiger partial charge on any atom is -0.298 e. The molecule has 0 N–H and O–H groups in total. The smallest absolute Gasteiger partial charge is 0.102 e. The summed E-state index contributed by atoms with van der Waals surface area (Å²) in [6.07, 6.45) is 3.08. The normalized spacial score (nSPS) is 26.9. The molecule has 136 valence electrons. The van der Waals surface area contributed by atoms with Crippen LogP contribution in [0.4, 0.5) is 8.78 Å². The molecule has 1 aliphatic rings. The van der Waals surface area contributed by atoms with Gasteiger partial charge < -0.3 is 0 Å². The van der Waals surface area contributed by atoms with E-state index in [-0.39, 0.29) is 17.0 Å². The third-order valence-corrected chi connectivity index (χ3v) is 4.98. The second-order valence-corrected chi connectivity index (χ2v) is 8.86. The maximum atomic E-state index is 12.8. The molecular formula is C19H36F2N2. The van der Waals surface area contributed by atoms with E-state index in [1.54, 1.807) is 0 Å². The van der Waals surface area contributed by atoms with E-state index >= 15 is 0 Å². The first-order chi connectivity index (χ1) is 10.6. The van der Waals surface area contributed by atoms with Gasteiger partial charge in [0.15, 0.2) is 0 Å². The molecule has 0 aliphatic carbocycles. The average Bonchev–Trinajstić information content (AvgIpc) is 2.77. The highest BCUT2D eigenvalue weighted by Crippen LogP contribution is 2.43. The molecule has 2 nitrogen and oxygen atoms in total. The van der Waals surface area contributed by atoms with E-state index in [1.807, 2.05) is 11.0 Å². The second-order valence-electron chi connectivity index (χ2n) is 8.86. The summed E-state index contributed by atoms with van der Waals surface area (Å²) in [6.45, 7) is 18.2. The molecule has 1 rings (SSSR count). The molecule has 0 amide bonds. The van der Waals surface area contributed by atoms with Crippen molar-refractivity contribution in [2.45, 2.75) is 65.6 Å². The first-order valence-electron chi connectivity index (χ1n) is 8.81. The van der Waals surface area contributed by atoms with E-state index in [0.717, 1.165) is 13.0 Å². The molecular weight excluding hydrogens is 294 g/mol. The fraction of sp³-hybridized carbons (Fsp3) is 0.895. The summed E-state index contributed by atoms with van der Waals surface area (Å²) < 4.78 is 25.5. The zero-order valence-corrected chi connectivity index (χ0v) is 15.9. The molecule has 23 heavy (non-hydrogen) atoms. The van der Waals surface area contributed by atoms with Crippen molar-refractivity contribution >= 4 is 0 Å². The van der Waals surface area contributed by atoms with E-state index in [4.69, 9.17) is 0 Å². The molecule has 3 atom stereocenters. The highest BCUT2D eigenvalue weighted by Gasteiger charge is 2.48. The van der Waals surface area contributed by atoms with Gasteiger partial charge in [-0.3, -0.25) is 9.80 Å². The maximum absolute atomic E-state index is 12.8. The fourth-order valence-electron chi connectivity index (χ4n) is 4.01. The Morgan fingerprint density at radius 2 is 1.61 bits per heavy atom. The highest BCUT2D eigenvalue weighted by atomic mass is 19.1. The monoisotopic (exact) mass is 330 g/mol. The number of hydrogen-bond acceptors (Lipinski definition) is 2. The third kappa shape index (κ3) is 5.25. The van der Waals surface area contributed by atoms with Gasteiger partial charge in [-0.1, -0.05) is 26.8 Å². The van der Waals surface area contributed by atoms with Crippen LogP contribution >= 0.6 is 0 Å². The molecule has 0 saturated carbocycles. The van der Waals surface area contributed by atoms with Crippen LogP contribution in [0.2, 0.25) is 0 Å². The van der Waals surface area contributed by atoms with Crippen molar-refractivity contribution in [2.75, 3.05) is 33.0 Å². The average molecular weight is 331 g/mol. The number of halogens is 2. The van der Waals surface area contributed by atoms with Gasteiger partial charge >= 0.3 is 0 Å². The summed E-state index contributed by atoms with van der Waals surface area (Å²) >= 11 is 0. The molecule has 1 saturated heterocycles. The summed E-state index contributed by atoms with van der Waals surface area (Å²) in [5.41, 5.74) is 0.199. The molecule has 0 aromatic carbocycles. The standard InChI is InChI=1S/C19H36F2N2/c1-8-16-15(14-22(11-9-20)12-10-21)13-17(18(2,3)4)23(16)19(5,6)7/h8,15-17H,1,9-14H2,2-7H3/t15-,16-,17+/m1/s1. The minimum absolute atomic E-state index is 0.0383. The van der Waals surface area contributed by atoms with Crippen LogP contribution in [-0.4, -0.2) is 60.4 Å². The fourth-order valence-corrected chi connectivity index (χ4v) is 4.01. The molecule has 0 spiro atoms. The molecule has 0 aromatic heterocycles. The van der Waals surface area contributed by atoms with Crippen LogP contribution in [0.15, 0.2) is 12.7 Å². The lowest BCUT2D eigenvalue weighted by Crippen LogP contribution is -2.53. The Morgan fingerprint density at radius 3 is 1.96 bits per heavy atom. The maximum Gasteiger partial charge on any atom is 0.102 e. The predicted molar refractivity (Wildman–Crippen MR) is 95.3 cm³/mol. The van der Waals surface area contributed by atoms with Crippen molar-refractivity contribution in [1.82, 2.24) is 9.80 Å². The van der Waals surface area contributed by atoms with Crippen LogP contribution in [0, 0.1) is 11.3 Å². The molecule has 1 aliphatic heterocycles. The summed E-state index contributed by atoms with van der Waals surface area (Å²) in [5, 5.41) is 0. The topological polar surface area (TPSA) is 6.48 Å². The number of alkyl halides is 2. The Morgan fingerprint density at radius 1 is 1.09 bits per heavy atom. The van der Waals surface area contributed by atoms with Gasteiger partial charge in [-0.05, 0) is 38.5 Å². The number of likely N-dealkylation sites (tertiary alicyclic amines) is 1. The van der Waals surface area contributed by atoms with E-state index in [2.05, 4.69) is 53.0 Å². The third-order valence-electron chi connectivity index (χ3n) is 4.98. The summed E-state index contributed by atoms with van der Waals surface area (Å²) in [6, 6.07) is 0.689. The predicted octanol–water partition coefficient (Wildman–Crippen LogP) is 4.32. The molecule has 0 aromatic rings. The van der Waals surface area contributed by atoms with Crippen molar-refractivity contribution in [3.05, 3.63) is 12.7 Å². The van der Waals surface area contributed by atoms with Crippen molar-refractivity contribution in [2.24, 2.45) is 11.3 Å². The Labute approximate surface area is 141 Å². The van der Waals surface area contributed by atoms with Gasteiger partial charge in [-0.25, -0.2) is 8.78 Å². The van der Waals surface area contributed by atoms with E-state index < -0.39 is 13.3 Å². The van der Waals surface area contributed by atoms with E-state index in [9.17, 15) is 8.78 Å². The van der Waals surface area contributed by atoms with Crippen molar-refractivity contribution in [1.29, 1.82) is 0 Å². The molecule has 1 fully saturated rings. The van der Waals surface area contributed by atoms with Crippen LogP contribution in [0.3, 0.4) is 0 Å². The van der Waals surface area contributed by atoms with Crippen LogP contribution in [-0.2, 0) is 0 Å². The van der Waals surface area contributed by atoms with Gasteiger partial charge in [-0.2, -0.15) is 0 Å². The zero-order chi connectivity index (χ0) is 17.8. The summed E-state index contributed by atoms with van der Waals surface area (Å²) in [7, 11) is 0. The van der Waals surface area contributed by atoms with Crippen LogP contribution in [0.1, 0.15) is 48.0 Å². The minimum atomic E-state index is -0.419. The summed E-state index contributed by atoms with van der Waals surface area (Å²) in [4.78, 5) is 4.49. The molecule has 0 radical (unpaired) electrons. The van der Waals surface area contributed by atoms with E-state index in [0.29, 0.717) is 25.0 Å². The first kappa shape index (κ1) is 20.6. The Kier molecular flexibility index (Phi) is 7.21. The van der Waals surface area contributed by atoms with Gasteiger partial charge in [0.1, 0.15) is 13.3 Å². The molecule has 1 heterocycles. The van der Waals surface area contributed by atoms with Crippen molar-refractivity contribution < 1.29 is 8.78 Å². The van der Waals surface area contributed by atoms with Crippen molar-refractivity contribution in [3.63, 3.8) is 0 Å². The summed E-state index contributed by atoms with van der Waals surface area (Å²) in [5.74, 6) is 0.369. The SMILES string of the molecule is C=C[C@@H]1[C@@H](CN(CCF)CCF)C[C@@H](C(C)(C)C)N1C(C)(C)C. The number of rotatable bonds is 7. The molecule has 4 heteroatoms. The molecule has 0 unspecified atom stereocenters. The second kappa shape index (κ2) is 8.06. The van der Waals surface area contributed by atoms with E-state index in [1.165, 1.54) is 0 Å². The quantitative estimate of drug-likeness (QED) is 0.642. The lowest BCUT2D eigenvalue weighted by atomic mass is 9.82. The van der Waals surface area contributed by atoms with Gasteiger partial charge in [0.25, 0.3) is 0 Å². The first-order valence-corrected chi connectivity index (χ1v) is 8.81. The Bertz CT molecular complexity index is 365. The van der Waals surface area contributed by atoms with Crippen LogP contribution < -0.4 is 0 Å². The van der Waals surface area contributed by atoms with Crippen molar-refractivity contribution in [3.8, 4) is 0 Å². The highest BCUT2D eigenvalue weighted by molar-refractivity contribution is 5.09. The van der Waals surface area contributed by atoms with Gasteiger partial charge in [0, 0.05) is 37.3 Å². The largest absolute Gasteiger partial charge is 0.298 e. The van der Waals surface area contributed by atoms with Crippen LogP contribution in [0.5, 0.6) is 0 Å². The lowest BCUT2D eigenvalue weighted by Gasteiger charge is -2.45. The lowest BCUT2D eigenvalue weighted by molar-refractivity contribution is 0.0352.